The number of carbonyl (C=O) groups is 2. The number of nitrogens with zero attached hydrogens (tertiary/aromatic N) is 2. The third-order valence-corrected chi connectivity index (χ3v) is 4.74. The minimum Gasteiger partial charge on any atom is -0.483 e. The van der Waals surface area contributed by atoms with Gasteiger partial charge in [-0.15, -0.1) is 0 Å². The molecule has 10 heteroatoms. The van der Waals surface area contributed by atoms with Gasteiger partial charge in [-0.05, 0) is 30.3 Å². The maximum atomic E-state index is 12.6. The van der Waals surface area contributed by atoms with Gasteiger partial charge in [-0.1, -0.05) is 48.0 Å². The Morgan fingerprint density at radius 2 is 1.79 bits per heavy atom. The highest BCUT2D eigenvalue weighted by atomic mass is 35.5. The number of halogens is 1. The predicted molar refractivity (Wildman–Crippen MR) is 127 cm³/mol. The van der Waals surface area contributed by atoms with Crippen molar-refractivity contribution in [2.24, 2.45) is 0 Å². The van der Waals surface area contributed by atoms with Crippen LogP contribution >= 0.6 is 11.6 Å². The van der Waals surface area contributed by atoms with Gasteiger partial charge in [-0.3, -0.25) is 19.7 Å². The summed E-state index contributed by atoms with van der Waals surface area (Å²) < 4.78 is 5.58. The predicted octanol–water partition coefficient (Wildman–Crippen LogP) is 4.81. The molecule has 0 radical (unpaired) electrons. The van der Waals surface area contributed by atoms with Crippen molar-refractivity contribution in [1.82, 2.24) is 0 Å². The fourth-order valence-corrected chi connectivity index (χ4v) is 3.01. The minimum absolute atomic E-state index is 0.168. The monoisotopic (exact) mass is 476 g/mol. The van der Waals surface area contributed by atoms with Crippen molar-refractivity contribution in [2.75, 3.05) is 17.2 Å². The van der Waals surface area contributed by atoms with Crippen LogP contribution in [0.1, 0.15) is 5.56 Å². The molecule has 0 heterocycles. The molecule has 0 saturated heterocycles. The number of para-hydroxylation sites is 2. The van der Waals surface area contributed by atoms with E-state index in [1.807, 2.05) is 0 Å². The van der Waals surface area contributed by atoms with Gasteiger partial charge in [-0.25, -0.2) is 0 Å². The number of nitrogens with one attached hydrogen (secondary N) is 2. The molecule has 0 aliphatic heterocycles. The summed E-state index contributed by atoms with van der Waals surface area (Å²) in [6, 6.07) is 20.5. The molecule has 0 aliphatic carbocycles. The molecule has 3 aromatic carbocycles. The van der Waals surface area contributed by atoms with E-state index < -0.39 is 16.7 Å². The lowest BCUT2D eigenvalue weighted by Gasteiger charge is -2.11. The quantitative estimate of drug-likeness (QED) is 0.207. The van der Waals surface area contributed by atoms with Crippen LogP contribution in [0.3, 0.4) is 0 Å². The lowest BCUT2D eigenvalue weighted by atomic mass is 10.1. The van der Waals surface area contributed by atoms with Crippen LogP contribution in [0.4, 0.5) is 17.1 Å². The van der Waals surface area contributed by atoms with Crippen LogP contribution in [0.25, 0.3) is 6.08 Å². The highest BCUT2D eigenvalue weighted by Gasteiger charge is 2.14. The Bertz CT molecular complexity index is 1320. The molecule has 0 atom stereocenters. The number of amides is 2. The summed E-state index contributed by atoms with van der Waals surface area (Å²) in [6.07, 6.45) is 1.30. The Labute approximate surface area is 199 Å². The summed E-state index contributed by atoms with van der Waals surface area (Å²) >= 11 is 6.03. The number of rotatable bonds is 8. The van der Waals surface area contributed by atoms with Crippen molar-refractivity contribution in [1.29, 1.82) is 5.26 Å². The molecule has 9 nitrogen and oxygen atoms in total. The molecule has 2 N–H and O–H groups in total. The standard InChI is InChI=1S/C24H17ClN4O5/c25-20-9-2-3-10-21(20)28-23(30)15-34-22-11-4-1-6-16(22)12-17(14-26)24(31)27-18-7-5-8-19(13-18)29(32)33/h1-13H,15H2,(H,27,31)(H,28,30)/b17-12-. The summed E-state index contributed by atoms with van der Waals surface area (Å²) in [4.78, 5) is 35.1. The first-order valence-corrected chi connectivity index (χ1v) is 10.2. The van der Waals surface area contributed by atoms with Crippen LogP contribution in [-0.4, -0.2) is 23.3 Å². The third-order valence-electron chi connectivity index (χ3n) is 4.41. The van der Waals surface area contributed by atoms with Gasteiger partial charge in [0.1, 0.15) is 17.4 Å². The molecular weight excluding hydrogens is 460 g/mol. The summed E-state index contributed by atoms with van der Waals surface area (Å²) in [7, 11) is 0. The molecule has 34 heavy (non-hydrogen) atoms. The maximum absolute atomic E-state index is 12.6. The Morgan fingerprint density at radius 3 is 2.53 bits per heavy atom. The van der Waals surface area contributed by atoms with Gasteiger partial charge in [0.2, 0.25) is 0 Å². The smallest absolute Gasteiger partial charge is 0.271 e. The topological polar surface area (TPSA) is 134 Å². The molecule has 0 bridgehead atoms. The van der Waals surface area contributed by atoms with Gasteiger partial charge in [-0.2, -0.15) is 5.26 Å². The molecule has 0 saturated carbocycles. The summed E-state index contributed by atoms with van der Waals surface area (Å²) in [5.41, 5.74) is 0.535. The van der Waals surface area contributed by atoms with E-state index in [2.05, 4.69) is 10.6 Å². The number of hydrogen-bond acceptors (Lipinski definition) is 6. The Kier molecular flexibility index (Phi) is 7.94. The summed E-state index contributed by atoms with van der Waals surface area (Å²) in [6.45, 7) is -0.335. The second-order valence-corrected chi connectivity index (χ2v) is 7.19. The highest BCUT2D eigenvalue weighted by molar-refractivity contribution is 6.33. The molecule has 170 valence electrons. The molecule has 0 aliphatic rings. The number of benzene rings is 3. The first-order valence-electron chi connectivity index (χ1n) is 9.81. The van der Waals surface area contributed by atoms with Crippen LogP contribution in [0.2, 0.25) is 5.02 Å². The van der Waals surface area contributed by atoms with Crippen molar-refractivity contribution in [3.63, 3.8) is 0 Å². The fourth-order valence-electron chi connectivity index (χ4n) is 2.82. The van der Waals surface area contributed by atoms with E-state index in [4.69, 9.17) is 16.3 Å². The third kappa shape index (κ3) is 6.41. The largest absolute Gasteiger partial charge is 0.483 e. The first kappa shape index (κ1) is 24.0. The Balaban J connectivity index is 1.72. The number of carbonyl (C=O) groups excluding carboxylic acids is 2. The number of non-ortho nitro benzene ring substituents is 1. The van der Waals surface area contributed by atoms with E-state index in [9.17, 15) is 25.0 Å². The average molecular weight is 477 g/mol. The van der Waals surface area contributed by atoms with Gasteiger partial charge in [0.15, 0.2) is 6.61 Å². The molecular formula is C24H17ClN4O5. The highest BCUT2D eigenvalue weighted by Crippen LogP contribution is 2.23. The molecule has 0 aromatic heterocycles. The van der Waals surface area contributed by atoms with Gasteiger partial charge in [0, 0.05) is 23.4 Å². The van der Waals surface area contributed by atoms with Crippen LogP contribution in [0.5, 0.6) is 5.75 Å². The molecule has 0 unspecified atom stereocenters. The number of nitro groups is 1. The summed E-state index contributed by atoms with van der Waals surface area (Å²) in [5.74, 6) is -0.933. The SMILES string of the molecule is N#C/C(=C/c1ccccc1OCC(=O)Nc1ccccc1Cl)C(=O)Nc1cccc([N+](=O)[O-])c1. The van der Waals surface area contributed by atoms with Gasteiger partial charge >= 0.3 is 0 Å². The van der Waals surface area contributed by atoms with Crippen LogP contribution < -0.4 is 15.4 Å². The second-order valence-electron chi connectivity index (χ2n) is 6.79. The average Bonchev–Trinajstić information content (AvgIpc) is 2.83. The summed E-state index contributed by atoms with van der Waals surface area (Å²) in [5, 5.41) is 25.9. The van der Waals surface area contributed by atoms with E-state index in [1.165, 1.54) is 30.3 Å². The molecule has 0 spiro atoms. The maximum Gasteiger partial charge on any atom is 0.271 e. The van der Waals surface area contributed by atoms with Gasteiger partial charge < -0.3 is 15.4 Å². The van der Waals surface area contributed by atoms with E-state index >= 15 is 0 Å². The van der Waals surface area contributed by atoms with E-state index in [0.717, 1.165) is 0 Å². The van der Waals surface area contributed by atoms with Crippen LogP contribution in [0, 0.1) is 21.4 Å². The van der Waals surface area contributed by atoms with Crippen molar-refractivity contribution in [3.05, 3.63) is 99.1 Å². The molecule has 3 rings (SSSR count). The van der Waals surface area contributed by atoms with E-state index in [1.54, 1.807) is 54.6 Å². The Morgan fingerprint density at radius 1 is 1.06 bits per heavy atom. The van der Waals surface area contributed by atoms with Crippen molar-refractivity contribution in [3.8, 4) is 11.8 Å². The Hall–Kier alpha value is -4.68. The van der Waals surface area contributed by atoms with Crippen LogP contribution in [0.15, 0.2) is 78.4 Å². The fraction of sp³-hybridized carbons (Fsp3) is 0.0417. The second kappa shape index (κ2) is 11.3. The number of hydrogen-bond donors (Lipinski definition) is 2. The minimum atomic E-state index is -0.755. The zero-order chi connectivity index (χ0) is 24.5. The van der Waals surface area contributed by atoms with E-state index in [-0.39, 0.29) is 29.3 Å². The van der Waals surface area contributed by atoms with E-state index in [0.29, 0.717) is 16.3 Å². The van der Waals surface area contributed by atoms with Crippen molar-refractivity contribution < 1.29 is 19.2 Å². The van der Waals surface area contributed by atoms with Gasteiger partial charge in [0.05, 0.1) is 15.6 Å². The normalized spacial score (nSPS) is 10.6. The molecule has 2 amide bonds. The number of nitro benzene ring substituents is 1. The van der Waals surface area contributed by atoms with Crippen molar-refractivity contribution >= 4 is 46.6 Å². The zero-order valence-electron chi connectivity index (χ0n) is 17.5. The van der Waals surface area contributed by atoms with Crippen LogP contribution in [-0.2, 0) is 9.59 Å². The lowest BCUT2D eigenvalue weighted by molar-refractivity contribution is -0.384. The number of ether oxygens (including phenoxy) is 1. The molecule has 3 aromatic rings. The van der Waals surface area contributed by atoms with Crippen molar-refractivity contribution in [2.45, 2.75) is 0 Å². The number of nitriles is 1. The number of anilines is 2. The lowest BCUT2D eigenvalue weighted by Crippen LogP contribution is -2.20. The van der Waals surface area contributed by atoms with Gasteiger partial charge in [0.25, 0.3) is 17.5 Å². The first-order chi connectivity index (χ1) is 16.4. The zero-order valence-corrected chi connectivity index (χ0v) is 18.3. The molecule has 0 fully saturated rings.